The van der Waals surface area contributed by atoms with Gasteiger partial charge < -0.3 is 24.6 Å². The van der Waals surface area contributed by atoms with Crippen LogP contribution in [0.4, 0.5) is 18.9 Å². The standard InChI is InChI=1S/C25H18F3N3O5/c1-34-16-10-12(36-25(26,27)28)6-7-13(16)17-18-14-4-2-8-29-21(14)22-15(5-3-9-30-22)20(18)31-24(33)11-35-23(32)19(17)24/h2-10,17,19,31,33H,11H2,1H3/t17-,19-,24-/m1/s1. The zero-order valence-corrected chi connectivity index (χ0v) is 18.7. The Morgan fingerprint density at radius 1 is 1.11 bits per heavy atom. The Morgan fingerprint density at radius 3 is 2.50 bits per heavy atom. The first-order valence-electron chi connectivity index (χ1n) is 11.0. The zero-order chi connectivity index (χ0) is 25.2. The quantitative estimate of drug-likeness (QED) is 0.322. The summed E-state index contributed by atoms with van der Waals surface area (Å²) in [6.45, 7) is -0.309. The van der Waals surface area contributed by atoms with Crippen molar-refractivity contribution in [1.29, 1.82) is 0 Å². The second-order valence-electron chi connectivity index (χ2n) is 8.65. The molecule has 1 saturated heterocycles. The molecule has 0 spiro atoms. The number of aliphatic hydroxyl groups is 1. The molecule has 4 aromatic rings. The first-order chi connectivity index (χ1) is 17.2. The van der Waals surface area contributed by atoms with Gasteiger partial charge in [-0.3, -0.25) is 14.8 Å². The van der Waals surface area contributed by atoms with Crippen LogP contribution in [0.3, 0.4) is 0 Å². The molecule has 4 heterocycles. The number of benzene rings is 2. The smallest absolute Gasteiger partial charge is 0.496 e. The number of alkyl halides is 3. The summed E-state index contributed by atoms with van der Waals surface area (Å²) in [6, 6.07) is 10.8. The van der Waals surface area contributed by atoms with Gasteiger partial charge in [-0.1, -0.05) is 12.1 Å². The van der Waals surface area contributed by atoms with Crippen LogP contribution in [0.25, 0.3) is 21.8 Å². The van der Waals surface area contributed by atoms with E-state index in [1.165, 1.54) is 13.2 Å². The number of rotatable bonds is 3. The van der Waals surface area contributed by atoms with Crippen LogP contribution < -0.4 is 14.8 Å². The van der Waals surface area contributed by atoms with Crippen LogP contribution in [0.2, 0.25) is 0 Å². The fraction of sp³-hybridized carbons (Fsp3) is 0.240. The van der Waals surface area contributed by atoms with Gasteiger partial charge in [-0.05, 0) is 29.8 Å². The number of carbonyl (C=O) groups excluding carboxylic acids is 1. The molecule has 0 radical (unpaired) electrons. The lowest BCUT2D eigenvalue weighted by molar-refractivity contribution is -0.274. The molecular weight excluding hydrogens is 479 g/mol. The van der Waals surface area contributed by atoms with Crippen molar-refractivity contribution < 1.29 is 37.3 Å². The summed E-state index contributed by atoms with van der Waals surface area (Å²) in [5.41, 5.74) is 0.913. The van der Waals surface area contributed by atoms with Gasteiger partial charge >= 0.3 is 12.3 Å². The monoisotopic (exact) mass is 497 g/mol. The van der Waals surface area contributed by atoms with E-state index in [2.05, 4.69) is 20.0 Å². The first kappa shape index (κ1) is 22.4. The van der Waals surface area contributed by atoms with Crippen molar-refractivity contribution in [1.82, 2.24) is 9.97 Å². The summed E-state index contributed by atoms with van der Waals surface area (Å²) in [6.07, 6.45) is -1.64. The molecule has 2 aliphatic rings. The SMILES string of the molecule is COc1cc(OC(F)(F)F)ccc1[C@@H]1c2c(c3cccnc3c3ncccc23)N[C@@]2(O)COC(=O)[C@@H]12. The fourth-order valence-corrected chi connectivity index (χ4v) is 5.29. The number of esters is 1. The third-order valence-electron chi connectivity index (χ3n) is 6.63. The van der Waals surface area contributed by atoms with E-state index in [1.807, 2.05) is 12.1 Å². The van der Waals surface area contributed by atoms with Gasteiger partial charge in [-0.2, -0.15) is 0 Å². The van der Waals surface area contributed by atoms with Gasteiger partial charge in [0.25, 0.3) is 0 Å². The van der Waals surface area contributed by atoms with Crippen LogP contribution in [-0.4, -0.2) is 46.8 Å². The second kappa shape index (κ2) is 7.69. The lowest BCUT2D eigenvalue weighted by Gasteiger charge is -2.41. The van der Waals surface area contributed by atoms with Crippen molar-refractivity contribution in [2.24, 2.45) is 5.92 Å². The lowest BCUT2D eigenvalue weighted by atomic mass is 9.71. The number of halogens is 3. The Morgan fingerprint density at radius 2 is 1.81 bits per heavy atom. The van der Waals surface area contributed by atoms with Crippen LogP contribution in [0, 0.1) is 5.92 Å². The molecule has 8 nitrogen and oxygen atoms in total. The molecule has 6 rings (SSSR count). The molecule has 2 aromatic heterocycles. The minimum atomic E-state index is -4.89. The first-order valence-corrected chi connectivity index (χ1v) is 11.0. The van der Waals surface area contributed by atoms with Gasteiger partial charge in [0.1, 0.15) is 24.0 Å². The molecule has 2 aliphatic heterocycles. The third kappa shape index (κ3) is 3.30. The highest BCUT2D eigenvalue weighted by molar-refractivity contribution is 6.13. The Hall–Kier alpha value is -4.12. The number of anilines is 1. The second-order valence-corrected chi connectivity index (χ2v) is 8.65. The van der Waals surface area contributed by atoms with Crippen LogP contribution in [0.15, 0.2) is 54.9 Å². The molecule has 2 N–H and O–H groups in total. The Labute approximate surface area is 201 Å². The number of hydrogen-bond acceptors (Lipinski definition) is 8. The van der Waals surface area contributed by atoms with Gasteiger partial charge in [-0.15, -0.1) is 13.2 Å². The molecule has 0 aliphatic carbocycles. The van der Waals surface area contributed by atoms with Crippen LogP contribution in [-0.2, 0) is 9.53 Å². The van der Waals surface area contributed by atoms with E-state index in [-0.39, 0.29) is 12.4 Å². The number of carbonyl (C=O) groups is 1. The lowest BCUT2D eigenvalue weighted by Crippen LogP contribution is -2.51. The summed E-state index contributed by atoms with van der Waals surface area (Å²) >= 11 is 0. The van der Waals surface area contributed by atoms with Gasteiger partial charge in [0, 0.05) is 40.7 Å². The van der Waals surface area contributed by atoms with E-state index in [0.29, 0.717) is 38.6 Å². The van der Waals surface area contributed by atoms with Crippen molar-refractivity contribution >= 4 is 33.5 Å². The van der Waals surface area contributed by atoms with Gasteiger partial charge in [0.2, 0.25) is 0 Å². The highest BCUT2D eigenvalue weighted by atomic mass is 19.4. The predicted molar refractivity (Wildman–Crippen MR) is 122 cm³/mol. The highest BCUT2D eigenvalue weighted by Crippen LogP contribution is 2.55. The Kier molecular flexibility index (Phi) is 4.77. The molecule has 11 heteroatoms. The largest absolute Gasteiger partial charge is 0.573 e. The molecule has 0 unspecified atom stereocenters. The van der Waals surface area contributed by atoms with Crippen LogP contribution in [0.5, 0.6) is 11.5 Å². The van der Waals surface area contributed by atoms with E-state index in [1.54, 1.807) is 24.5 Å². The zero-order valence-electron chi connectivity index (χ0n) is 18.7. The molecule has 36 heavy (non-hydrogen) atoms. The summed E-state index contributed by atoms with van der Waals surface area (Å²) < 4.78 is 53.3. The molecule has 0 amide bonds. The van der Waals surface area contributed by atoms with E-state index in [4.69, 9.17) is 9.47 Å². The number of nitrogens with one attached hydrogen (secondary N) is 1. The van der Waals surface area contributed by atoms with E-state index in [9.17, 15) is 23.1 Å². The fourth-order valence-electron chi connectivity index (χ4n) is 5.29. The number of cyclic esters (lactones) is 1. The normalized spacial score (nSPS) is 23.1. The van der Waals surface area contributed by atoms with E-state index in [0.717, 1.165) is 12.1 Å². The predicted octanol–water partition coefficient (Wildman–Crippen LogP) is 4.11. The number of aromatic nitrogens is 2. The van der Waals surface area contributed by atoms with Gasteiger partial charge in [0.05, 0.1) is 23.8 Å². The van der Waals surface area contributed by atoms with Crippen molar-refractivity contribution in [2.75, 3.05) is 19.0 Å². The molecule has 2 aromatic carbocycles. The Balaban J connectivity index is 1.68. The molecule has 1 fully saturated rings. The summed E-state index contributed by atoms with van der Waals surface area (Å²) in [7, 11) is 1.31. The topological polar surface area (TPSA) is 103 Å². The number of pyridine rings is 2. The molecular formula is C25H18F3N3O5. The van der Waals surface area contributed by atoms with Crippen molar-refractivity contribution in [2.45, 2.75) is 18.0 Å². The maximum atomic E-state index is 13.0. The minimum Gasteiger partial charge on any atom is -0.496 e. The van der Waals surface area contributed by atoms with Gasteiger partial charge in [0.15, 0.2) is 5.72 Å². The molecule has 0 bridgehead atoms. The average Bonchev–Trinajstić information content (AvgIpc) is 3.16. The number of hydrogen-bond donors (Lipinski definition) is 2. The Bertz CT molecular complexity index is 1540. The number of nitrogens with zero attached hydrogens (tertiary/aromatic N) is 2. The number of fused-ring (bicyclic) bond motifs is 7. The number of methoxy groups -OCH3 is 1. The summed E-state index contributed by atoms with van der Waals surface area (Å²) in [4.78, 5) is 22.0. The highest BCUT2D eigenvalue weighted by Gasteiger charge is 2.58. The maximum absolute atomic E-state index is 13.0. The molecule has 3 atom stereocenters. The summed E-state index contributed by atoms with van der Waals surface area (Å²) in [5.74, 6) is -3.05. The van der Waals surface area contributed by atoms with E-state index < -0.39 is 35.6 Å². The summed E-state index contributed by atoms with van der Waals surface area (Å²) in [5, 5.41) is 16.0. The van der Waals surface area contributed by atoms with Crippen molar-refractivity contribution in [3.8, 4) is 11.5 Å². The number of ether oxygens (including phenoxy) is 3. The maximum Gasteiger partial charge on any atom is 0.573 e. The van der Waals surface area contributed by atoms with Crippen molar-refractivity contribution in [3.05, 3.63) is 66.0 Å². The van der Waals surface area contributed by atoms with Gasteiger partial charge in [-0.25, -0.2) is 0 Å². The van der Waals surface area contributed by atoms with Crippen LogP contribution in [0.1, 0.15) is 17.0 Å². The molecule has 0 saturated carbocycles. The minimum absolute atomic E-state index is 0.0555. The molecule has 184 valence electrons. The average molecular weight is 497 g/mol. The van der Waals surface area contributed by atoms with Crippen LogP contribution >= 0.6 is 0 Å². The van der Waals surface area contributed by atoms with E-state index >= 15 is 0 Å². The third-order valence-corrected chi connectivity index (χ3v) is 6.63. The van der Waals surface area contributed by atoms with Crippen molar-refractivity contribution in [3.63, 3.8) is 0 Å².